The molecule has 0 aliphatic rings. The van der Waals surface area contributed by atoms with Crippen LogP contribution < -0.4 is 5.73 Å². The molecule has 0 amide bonds. The van der Waals surface area contributed by atoms with Gasteiger partial charge in [0.1, 0.15) is 0 Å². The fraction of sp³-hybridized carbons (Fsp3) is 0.143. The third kappa shape index (κ3) is 7.35. The van der Waals surface area contributed by atoms with Crippen molar-refractivity contribution in [1.82, 2.24) is 0 Å². The van der Waals surface area contributed by atoms with E-state index >= 15 is 0 Å². The van der Waals surface area contributed by atoms with Crippen molar-refractivity contribution in [1.29, 1.82) is 0 Å². The molecule has 0 saturated heterocycles. The van der Waals surface area contributed by atoms with Crippen LogP contribution in [0.1, 0.15) is 11.1 Å². The summed E-state index contributed by atoms with van der Waals surface area (Å²) in [6.45, 7) is 0.890. The molecule has 0 radical (unpaired) electrons. The molecular formula is C14H17NO3S. The van der Waals surface area contributed by atoms with Gasteiger partial charge in [0.25, 0.3) is 0 Å². The van der Waals surface area contributed by atoms with Crippen molar-refractivity contribution in [3.8, 4) is 0 Å². The minimum Gasteiger partial charge on any atom is -0.748 e. The van der Waals surface area contributed by atoms with Crippen LogP contribution in [0.5, 0.6) is 0 Å². The SMILES string of the molecule is O=S(=O)([O-])Cc1ccccc1.[NH3+]Cc1ccccc1. The summed E-state index contributed by atoms with van der Waals surface area (Å²) in [4.78, 5) is 0. The molecule has 0 aromatic heterocycles. The number of benzene rings is 2. The molecule has 5 heteroatoms. The fourth-order valence-corrected chi connectivity index (χ4v) is 2.02. The van der Waals surface area contributed by atoms with Gasteiger partial charge in [-0.15, -0.1) is 0 Å². The van der Waals surface area contributed by atoms with Crippen LogP contribution in [0.4, 0.5) is 0 Å². The van der Waals surface area contributed by atoms with Gasteiger partial charge < -0.3 is 10.3 Å². The zero-order valence-electron chi connectivity index (χ0n) is 10.5. The second-order valence-corrected chi connectivity index (χ2v) is 5.33. The van der Waals surface area contributed by atoms with E-state index in [0.717, 1.165) is 6.54 Å². The highest BCUT2D eigenvalue weighted by molar-refractivity contribution is 7.84. The summed E-state index contributed by atoms with van der Waals surface area (Å²) < 4.78 is 30.7. The van der Waals surface area contributed by atoms with E-state index in [1.54, 1.807) is 30.3 Å². The standard InChI is InChI=1S/C7H9N.C7H8O3S/c8-6-7-4-2-1-3-5-7;8-11(9,10)6-7-4-2-1-3-5-7/h1-5H,6,8H2;1-5H,6H2,(H,8,9,10). The quantitative estimate of drug-likeness (QED) is 0.855. The summed E-state index contributed by atoms with van der Waals surface area (Å²) in [6, 6.07) is 18.6. The van der Waals surface area contributed by atoms with Crippen LogP contribution in [0.15, 0.2) is 60.7 Å². The molecule has 0 fully saturated rings. The van der Waals surface area contributed by atoms with Crippen LogP contribution in [0.3, 0.4) is 0 Å². The first-order valence-electron chi connectivity index (χ1n) is 5.82. The van der Waals surface area contributed by atoms with E-state index in [2.05, 4.69) is 17.9 Å². The Hall–Kier alpha value is -1.69. The Morgan fingerprint density at radius 1 is 0.842 bits per heavy atom. The van der Waals surface area contributed by atoms with E-state index < -0.39 is 15.9 Å². The second kappa shape index (κ2) is 7.68. The van der Waals surface area contributed by atoms with Gasteiger partial charge in [-0.3, -0.25) is 0 Å². The molecule has 0 heterocycles. The van der Waals surface area contributed by atoms with Crippen molar-refractivity contribution < 1.29 is 18.7 Å². The summed E-state index contributed by atoms with van der Waals surface area (Å²) >= 11 is 0. The van der Waals surface area contributed by atoms with Crippen molar-refractivity contribution in [2.45, 2.75) is 12.3 Å². The molecule has 0 spiro atoms. The minimum atomic E-state index is -4.13. The molecule has 0 bridgehead atoms. The van der Waals surface area contributed by atoms with Crippen LogP contribution in [-0.2, 0) is 22.4 Å². The zero-order valence-corrected chi connectivity index (χ0v) is 11.3. The molecular weight excluding hydrogens is 262 g/mol. The van der Waals surface area contributed by atoms with Crippen molar-refractivity contribution in [3.63, 3.8) is 0 Å². The van der Waals surface area contributed by atoms with E-state index in [9.17, 15) is 13.0 Å². The lowest BCUT2D eigenvalue weighted by molar-refractivity contribution is -0.386. The molecule has 0 saturated carbocycles. The lowest BCUT2D eigenvalue weighted by atomic mass is 10.2. The van der Waals surface area contributed by atoms with Crippen LogP contribution >= 0.6 is 0 Å². The summed E-state index contributed by atoms with van der Waals surface area (Å²) in [7, 11) is -4.13. The first-order chi connectivity index (χ1) is 9.01. The van der Waals surface area contributed by atoms with Crippen molar-refractivity contribution in [2.24, 2.45) is 0 Å². The van der Waals surface area contributed by atoms with Gasteiger partial charge >= 0.3 is 0 Å². The molecule has 2 rings (SSSR count). The summed E-state index contributed by atoms with van der Waals surface area (Å²) in [5.41, 5.74) is 5.58. The van der Waals surface area contributed by atoms with Gasteiger partial charge in [0.05, 0.1) is 22.4 Å². The van der Waals surface area contributed by atoms with Crippen LogP contribution in [-0.4, -0.2) is 13.0 Å². The molecule has 4 nitrogen and oxygen atoms in total. The number of rotatable bonds is 3. The first kappa shape index (κ1) is 15.4. The van der Waals surface area contributed by atoms with E-state index in [1.807, 2.05) is 18.2 Å². The number of hydrogen-bond donors (Lipinski definition) is 1. The maximum Gasteiger partial charge on any atom is 0.0997 e. The van der Waals surface area contributed by atoms with Gasteiger partial charge in [0.2, 0.25) is 0 Å². The zero-order chi connectivity index (χ0) is 14.1. The van der Waals surface area contributed by atoms with Gasteiger partial charge in [-0.05, 0) is 5.56 Å². The number of hydrogen-bond acceptors (Lipinski definition) is 3. The Kier molecular flexibility index (Phi) is 6.21. The summed E-state index contributed by atoms with van der Waals surface area (Å²) in [6.07, 6.45) is 0. The van der Waals surface area contributed by atoms with Gasteiger partial charge in [-0.25, -0.2) is 8.42 Å². The normalized spacial score (nSPS) is 10.4. The van der Waals surface area contributed by atoms with Crippen LogP contribution in [0.2, 0.25) is 0 Å². The Morgan fingerprint density at radius 2 is 1.26 bits per heavy atom. The van der Waals surface area contributed by atoms with Gasteiger partial charge in [0, 0.05) is 5.56 Å². The predicted molar refractivity (Wildman–Crippen MR) is 72.9 cm³/mol. The second-order valence-electron chi connectivity index (χ2n) is 3.92. The van der Waals surface area contributed by atoms with Crippen molar-refractivity contribution >= 4 is 10.1 Å². The topological polar surface area (TPSA) is 84.8 Å². The van der Waals surface area contributed by atoms with E-state index in [1.165, 1.54) is 5.56 Å². The van der Waals surface area contributed by atoms with Gasteiger partial charge in [-0.1, -0.05) is 60.7 Å². The highest BCUT2D eigenvalue weighted by atomic mass is 32.2. The maximum absolute atomic E-state index is 10.2. The lowest BCUT2D eigenvalue weighted by Gasteiger charge is -2.05. The molecule has 0 aliphatic heterocycles. The third-order valence-corrected chi connectivity index (χ3v) is 3.00. The largest absolute Gasteiger partial charge is 0.748 e. The Morgan fingerprint density at radius 3 is 1.58 bits per heavy atom. The van der Waals surface area contributed by atoms with E-state index in [4.69, 9.17) is 0 Å². The monoisotopic (exact) mass is 279 g/mol. The molecule has 19 heavy (non-hydrogen) atoms. The molecule has 0 unspecified atom stereocenters. The molecule has 2 aromatic rings. The molecule has 2 aromatic carbocycles. The molecule has 3 N–H and O–H groups in total. The average molecular weight is 279 g/mol. The highest BCUT2D eigenvalue weighted by Crippen LogP contribution is 2.02. The predicted octanol–water partition coefficient (Wildman–Crippen LogP) is 1.16. The average Bonchev–Trinajstić information content (AvgIpc) is 2.40. The van der Waals surface area contributed by atoms with E-state index in [0.29, 0.717) is 5.56 Å². The third-order valence-electron chi connectivity index (χ3n) is 2.32. The highest BCUT2D eigenvalue weighted by Gasteiger charge is 1.95. The Labute approximate surface area is 113 Å². The smallest absolute Gasteiger partial charge is 0.0997 e. The van der Waals surface area contributed by atoms with Crippen LogP contribution in [0.25, 0.3) is 0 Å². The summed E-state index contributed by atoms with van der Waals surface area (Å²) in [5, 5.41) is 0. The van der Waals surface area contributed by atoms with Crippen molar-refractivity contribution in [3.05, 3.63) is 71.8 Å². The maximum atomic E-state index is 10.2. The van der Waals surface area contributed by atoms with E-state index in [-0.39, 0.29) is 0 Å². The first-order valence-corrected chi connectivity index (χ1v) is 7.39. The fourth-order valence-electron chi connectivity index (χ4n) is 1.42. The van der Waals surface area contributed by atoms with Crippen LogP contribution in [0, 0.1) is 0 Å². The molecule has 0 atom stereocenters. The minimum absolute atomic E-state index is 0.423. The Balaban J connectivity index is 0.000000200. The van der Waals surface area contributed by atoms with Crippen molar-refractivity contribution in [2.75, 3.05) is 0 Å². The van der Waals surface area contributed by atoms with Gasteiger partial charge in [-0.2, -0.15) is 0 Å². The molecule has 102 valence electrons. The van der Waals surface area contributed by atoms with Gasteiger partial charge in [0.15, 0.2) is 0 Å². The summed E-state index contributed by atoms with van der Waals surface area (Å²) in [5.74, 6) is -0.423. The molecule has 0 aliphatic carbocycles. The Bertz CT molecular complexity index is 568. The lowest BCUT2D eigenvalue weighted by Crippen LogP contribution is -2.47. The number of quaternary nitrogens is 1.